The molecule has 2 aliphatic rings. The van der Waals surface area contributed by atoms with E-state index in [4.69, 9.17) is 14.2 Å². The van der Waals surface area contributed by atoms with E-state index in [-0.39, 0.29) is 5.91 Å². The molecule has 3 rings (SSSR count). The first-order chi connectivity index (χ1) is 13.6. The summed E-state index contributed by atoms with van der Waals surface area (Å²) >= 11 is 0. The van der Waals surface area contributed by atoms with Crippen molar-refractivity contribution in [3.05, 3.63) is 17.7 Å². The molecule has 28 heavy (non-hydrogen) atoms. The molecule has 0 spiro atoms. The van der Waals surface area contributed by atoms with Gasteiger partial charge in [0.2, 0.25) is 5.75 Å². The Hall–Kier alpha value is -2.24. The van der Waals surface area contributed by atoms with Crippen molar-refractivity contribution < 1.29 is 19.0 Å². The van der Waals surface area contributed by atoms with Gasteiger partial charge in [-0.05, 0) is 70.9 Å². The molecule has 0 aromatic heterocycles. The quantitative estimate of drug-likeness (QED) is 0.502. The van der Waals surface area contributed by atoms with Crippen LogP contribution in [-0.4, -0.2) is 31.4 Å². The third-order valence-corrected chi connectivity index (χ3v) is 5.78. The molecule has 2 bridgehead atoms. The molecule has 1 N–H and O–H groups in total. The highest BCUT2D eigenvalue weighted by molar-refractivity contribution is 5.96. The second-order valence-corrected chi connectivity index (χ2v) is 7.58. The molecule has 2 aliphatic carbocycles. The van der Waals surface area contributed by atoms with E-state index in [9.17, 15) is 4.79 Å². The summed E-state index contributed by atoms with van der Waals surface area (Å²) in [7, 11) is 0. The van der Waals surface area contributed by atoms with Gasteiger partial charge in [-0.3, -0.25) is 4.79 Å². The van der Waals surface area contributed by atoms with Crippen molar-refractivity contribution in [1.82, 2.24) is 5.43 Å². The summed E-state index contributed by atoms with van der Waals surface area (Å²) in [6.07, 6.45) is 5.18. The highest BCUT2D eigenvalue weighted by Crippen LogP contribution is 2.48. The highest BCUT2D eigenvalue weighted by Gasteiger charge is 2.40. The van der Waals surface area contributed by atoms with E-state index >= 15 is 0 Å². The van der Waals surface area contributed by atoms with Gasteiger partial charge in [0.25, 0.3) is 5.91 Å². The molecule has 2 saturated carbocycles. The lowest BCUT2D eigenvalue weighted by atomic mass is 9.86. The predicted octanol–water partition coefficient (Wildman–Crippen LogP) is 4.42. The molecule has 2 fully saturated rings. The van der Waals surface area contributed by atoms with Crippen LogP contribution in [0.25, 0.3) is 0 Å². The fourth-order valence-electron chi connectivity index (χ4n) is 4.56. The summed E-state index contributed by atoms with van der Waals surface area (Å²) in [6.45, 7) is 9.15. The number of ether oxygens (including phenoxy) is 3. The zero-order valence-electron chi connectivity index (χ0n) is 17.4. The third kappa shape index (κ3) is 4.42. The molecule has 0 heterocycles. The van der Waals surface area contributed by atoms with Gasteiger partial charge >= 0.3 is 0 Å². The zero-order chi connectivity index (χ0) is 20.1. The van der Waals surface area contributed by atoms with Gasteiger partial charge in [-0.25, -0.2) is 5.43 Å². The Bertz CT molecular complexity index is 704. The maximum atomic E-state index is 12.7. The summed E-state index contributed by atoms with van der Waals surface area (Å²) in [5.41, 5.74) is 4.20. The summed E-state index contributed by atoms with van der Waals surface area (Å²) in [5.74, 6) is 3.38. The minimum absolute atomic E-state index is 0.271. The van der Waals surface area contributed by atoms with Crippen LogP contribution in [0.4, 0.5) is 0 Å². The third-order valence-electron chi connectivity index (χ3n) is 5.78. The van der Waals surface area contributed by atoms with Crippen LogP contribution in [0.3, 0.4) is 0 Å². The van der Waals surface area contributed by atoms with Gasteiger partial charge in [0.05, 0.1) is 19.8 Å². The Balaban J connectivity index is 1.77. The average molecular weight is 389 g/mol. The summed E-state index contributed by atoms with van der Waals surface area (Å²) in [6, 6.07) is 3.38. The lowest BCUT2D eigenvalue weighted by molar-refractivity contribution is 0.0953. The van der Waals surface area contributed by atoms with Crippen LogP contribution in [0.15, 0.2) is 17.2 Å². The molecule has 6 nitrogen and oxygen atoms in total. The van der Waals surface area contributed by atoms with E-state index in [2.05, 4.69) is 10.5 Å². The minimum Gasteiger partial charge on any atom is -0.490 e. The van der Waals surface area contributed by atoms with Crippen LogP contribution in [0.1, 0.15) is 63.7 Å². The van der Waals surface area contributed by atoms with Crippen molar-refractivity contribution in [2.45, 2.75) is 53.4 Å². The molecule has 1 aromatic carbocycles. The zero-order valence-corrected chi connectivity index (χ0v) is 17.4. The number of hydrogen-bond donors (Lipinski definition) is 1. The number of hydrazone groups is 1. The number of hydrogen-bond acceptors (Lipinski definition) is 5. The molecular formula is C22H32N2O4. The molecule has 0 aliphatic heterocycles. The standard InChI is InChI=1S/C22H32N2O4/c1-5-26-19-12-17(13-20(27-6-2)21(19)28-7-3)22(25)24-23-14(4)18-11-15-8-9-16(18)10-15/h12-13,15-16,18H,5-11H2,1-4H3,(H,24,25). The van der Waals surface area contributed by atoms with Crippen molar-refractivity contribution in [2.24, 2.45) is 22.9 Å². The molecule has 1 amide bonds. The van der Waals surface area contributed by atoms with Crippen molar-refractivity contribution in [3.63, 3.8) is 0 Å². The number of carbonyl (C=O) groups excluding carboxylic acids is 1. The van der Waals surface area contributed by atoms with E-state index in [1.807, 2.05) is 27.7 Å². The lowest BCUT2D eigenvalue weighted by Gasteiger charge is -2.21. The maximum absolute atomic E-state index is 12.7. The molecule has 0 saturated heterocycles. The van der Waals surface area contributed by atoms with Crippen molar-refractivity contribution in [2.75, 3.05) is 19.8 Å². The van der Waals surface area contributed by atoms with Crippen molar-refractivity contribution in [1.29, 1.82) is 0 Å². The van der Waals surface area contributed by atoms with E-state index < -0.39 is 0 Å². The van der Waals surface area contributed by atoms with E-state index in [0.717, 1.165) is 17.5 Å². The lowest BCUT2D eigenvalue weighted by Crippen LogP contribution is -2.24. The van der Waals surface area contributed by atoms with Crippen LogP contribution >= 0.6 is 0 Å². The first-order valence-electron chi connectivity index (χ1n) is 10.5. The Kier molecular flexibility index (Phi) is 6.81. The smallest absolute Gasteiger partial charge is 0.271 e. The van der Waals surface area contributed by atoms with Crippen LogP contribution in [-0.2, 0) is 0 Å². The number of fused-ring (bicyclic) bond motifs is 2. The number of carbonyl (C=O) groups is 1. The van der Waals surface area contributed by atoms with Gasteiger partial charge in [-0.2, -0.15) is 5.10 Å². The van der Waals surface area contributed by atoms with E-state index in [0.29, 0.717) is 48.6 Å². The van der Waals surface area contributed by atoms with Gasteiger partial charge < -0.3 is 14.2 Å². The van der Waals surface area contributed by atoms with Crippen LogP contribution in [0.5, 0.6) is 17.2 Å². The number of nitrogens with one attached hydrogen (secondary N) is 1. The first kappa shape index (κ1) is 20.5. The van der Waals surface area contributed by atoms with Crippen molar-refractivity contribution in [3.8, 4) is 17.2 Å². The fraction of sp³-hybridized carbons (Fsp3) is 0.636. The Morgan fingerprint density at radius 2 is 1.68 bits per heavy atom. The molecular weight excluding hydrogens is 356 g/mol. The number of benzene rings is 1. The molecule has 1 aromatic rings. The van der Waals surface area contributed by atoms with Gasteiger partial charge in [0, 0.05) is 17.2 Å². The summed E-state index contributed by atoms with van der Waals surface area (Å²) in [5, 5.41) is 4.42. The van der Waals surface area contributed by atoms with Gasteiger partial charge in [-0.15, -0.1) is 0 Å². The normalized spacial score (nSPS) is 23.6. The van der Waals surface area contributed by atoms with Gasteiger partial charge in [-0.1, -0.05) is 6.42 Å². The van der Waals surface area contributed by atoms with Gasteiger partial charge in [0.15, 0.2) is 11.5 Å². The summed E-state index contributed by atoms with van der Waals surface area (Å²) < 4.78 is 17.1. The Labute approximate surface area is 167 Å². The predicted molar refractivity (Wildman–Crippen MR) is 109 cm³/mol. The number of rotatable bonds is 9. The second-order valence-electron chi connectivity index (χ2n) is 7.58. The molecule has 0 radical (unpaired) electrons. The van der Waals surface area contributed by atoms with Crippen LogP contribution < -0.4 is 19.6 Å². The first-order valence-corrected chi connectivity index (χ1v) is 10.5. The molecule has 154 valence electrons. The largest absolute Gasteiger partial charge is 0.490 e. The minimum atomic E-state index is -0.271. The fourth-order valence-corrected chi connectivity index (χ4v) is 4.56. The Morgan fingerprint density at radius 1 is 1.04 bits per heavy atom. The van der Waals surface area contributed by atoms with Crippen molar-refractivity contribution >= 4 is 11.6 Å². The molecule has 6 heteroatoms. The molecule has 3 atom stereocenters. The number of nitrogens with zero attached hydrogens (tertiary/aromatic N) is 1. The Morgan fingerprint density at radius 3 is 2.18 bits per heavy atom. The van der Waals surface area contributed by atoms with Crippen LogP contribution in [0, 0.1) is 17.8 Å². The second kappa shape index (κ2) is 9.30. The highest BCUT2D eigenvalue weighted by atomic mass is 16.5. The van der Waals surface area contributed by atoms with Gasteiger partial charge in [0.1, 0.15) is 0 Å². The number of amides is 1. The van der Waals surface area contributed by atoms with E-state index in [1.165, 1.54) is 25.7 Å². The van der Waals surface area contributed by atoms with Crippen LogP contribution in [0.2, 0.25) is 0 Å². The topological polar surface area (TPSA) is 69.2 Å². The SMILES string of the molecule is CCOc1cc(C(=O)NN=C(C)C2CC3CCC2C3)cc(OCC)c1OCC. The monoisotopic (exact) mass is 388 g/mol. The van der Waals surface area contributed by atoms with E-state index in [1.54, 1.807) is 12.1 Å². The maximum Gasteiger partial charge on any atom is 0.271 e. The average Bonchev–Trinajstić information content (AvgIpc) is 3.32. The summed E-state index contributed by atoms with van der Waals surface area (Å²) in [4.78, 5) is 12.7. The molecule has 3 unspecified atom stereocenters.